The number of carbonyl (C=O) groups is 1. The zero-order chi connectivity index (χ0) is 16.0. The van der Waals surface area contributed by atoms with Gasteiger partial charge in [-0.1, -0.05) is 12.1 Å². The maximum Gasteiger partial charge on any atom is 0.311 e. The highest BCUT2D eigenvalue weighted by atomic mass is 16.6. The lowest BCUT2D eigenvalue weighted by atomic mass is 9.90. The van der Waals surface area contributed by atoms with Crippen molar-refractivity contribution in [1.29, 1.82) is 0 Å². The van der Waals surface area contributed by atoms with Gasteiger partial charge < -0.3 is 14.7 Å². The fourth-order valence-corrected chi connectivity index (χ4v) is 3.42. The predicted molar refractivity (Wildman–Crippen MR) is 82.9 cm³/mol. The van der Waals surface area contributed by atoms with Gasteiger partial charge in [0.25, 0.3) is 0 Å². The monoisotopic (exact) mass is 311 g/mol. The van der Waals surface area contributed by atoms with Crippen LogP contribution < -0.4 is 4.90 Å². The number of aryl methyl sites for hydroxylation is 1. The molecule has 0 saturated carbocycles. The first kappa shape index (κ1) is 14.0. The smallest absolute Gasteiger partial charge is 0.311 e. The van der Waals surface area contributed by atoms with Crippen LogP contribution in [0.5, 0.6) is 5.75 Å². The second-order valence-electron chi connectivity index (χ2n) is 6.12. The van der Waals surface area contributed by atoms with Crippen molar-refractivity contribution < 1.29 is 14.6 Å². The third-order valence-corrected chi connectivity index (χ3v) is 4.59. The first-order valence-corrected chi connectivity index (χ1v) is 7.66. The van der Waals surface area contributed by atoms with Crippen molar-refractivity contribution >= 4 is 11.9 Å². The summed E-state index contributed by atoms with van der Waals surface area (Å²) in [6, 6.07) is 8.71. The van der Waals surface area contributed by atoms with Crippen LogP contribution in [0.15, 0.2) is 36.5 Å². The number of phenols is 1. The minimum absolute atomic E-state index is 0.0798. The molecule has 6 nitrogen and oxygen atoms in total. The van der Waals surface area contributed by atoms with E-state index < -0.39 is 0 Å². The molecule has 0 spiro atoms. The van der Waals surface area contributed by atoms with E-state index in [1.54, 1.807) is 18.3 Å². The van der Waals surface area contributed by atoms with Crippen LogP contribution in [-0.2, 0) is 9.53 Å². The molecule has 3 atom stereocenters. The number of hydrogen-bond acceptors (Lipinski definition) is 6. The molecule has 2 aromatic rings. The Labute approximate surface area is 133 Å². The lowest BCUT2D eigenvalue weighted by molar-refractivity contribution is -0.144. The molecule has 0 bridgehead atoms. The first-order chi connectivity index (χ1) is 11.1. The predicted octanol–water partition coefficient (Wildman–Crippen LogP) is 1.84. The van der Waals surface area contributed by atoms with E-state index in [1.807, 2.05) is 25.1 Å². The molecule has 2 fully saturated rings. The van der Waals surface area contributed by atoms with Crippen molar-refractivity contribution in [2.75, 3.05) is 18.0 Å². The van der Waals surface area contributed by atoms with Crippen molar-refractivity contribution in [2.45, 2.75) is 13.0 Å². The molecule has 1 N–H and O–H groups in total. The topological polar surface area (TPSA) is 75.6 Å². The lowest BCUT2D eigenvalue weighted by Gasteiger charge is -2.20. The van der Waals surface area contributed by atoms with Crippen LogP contribution in [0.2, 0.25) is 0 Å². The molecule has 0 radical (unpaired) electrons. The van der Waals surface area contributed by atoms with Gasteiger partial charge in [0.05, 0.1) is 5.92 Å². The van der Waals surface area contributed by atoms with Crippen molar-refractivity contribution in [3.05, 3.63) is 47.8 Å². The molecule has 0 aliphatic carbocycles. The second kappa shape index (κ2) is 5.22. The van der Waals surface area contributed by atoms with Gasteiger partial charge in [0.15, 0.2) is 0 Å². The van der Waals surface area contributed by atoms with E-state index in [0.29, 0.717) is 19.0 Å². The number of hydrogen-bond donors (Lipinski definition) is 1. The number of rotatable bonds is 2. The number of ether oxygens (including phenoxy) is 1. The standard InChI is InChI=1S/C17H17N3O3/c1-10-6-7-18-17(19-10)20-8-13-14(9-20)16(22)23-15(13)11-2-4-12(21)5-3-11/h2-7,13-15,21H,8-9H2,1H3/t13-,14+,15?/m1/s1. The summed E-state index contributed by atoms with van der Waals surface area (Å²) in [5, 5.41) is 9.42. The summed E-state index contributed by atoms with van der Waals surface area (Å²) in [4.78, 5) is 23.0. The molecule has 1 aromatic carbocycles. The highest BCUT2D eigenvalue weighted by Crippen LogP contribution is 2.44. The highest BCUT2D eigenvalue weighted by molar-refractivity contribution is 5.77. The van der Waals surface area contributed by atoms with Gasteiger partial charge in [-0.25, -0.2) is 9.97 Å². The number of cyclic esters (lactones) is 1. The van der Waals surface area contributed by atoms with Gasteiger partial charge in [0.2, 0.25) is 5.95 Å². The van der Waals surface area contributed by atoms with E-state index in [0.717, 1.165) is 11.3 Å². The number of carbonyl (C=O) groups excluding carboxylic acids is 1. The van der Waals surface area contributed by atoms with Crippen molar-refractivity contribution in [3.63, 3.8) is 0 Å². The average Bonchev–Trinajstić information content (AvgIpc) is 3.09. The molecule has 1 unspecified atom stereocenters. The summed E-state index contributed by atoms with van der Waals surface area (Å²) in [7, 11) is 0. The Balaban J connectivity index is 1.60. The Morgan fingerprint density at radius 1 is 1.22 bits per heavy atom. The zero-order valence-electron chi connectivity index (χ0n) is 12.7. The molecule has 23 heavy (non-hydrogen) atoms. The minimum Gasteiger partial charge on any atom is -0.508 e. The van der Waals surface area contributed by atoms with Gasteiger partial charge in [-0.3, -0.25) is 4.79 Å². The minimum atomic E-state index is -0.275. The van der Waals surface area contributed by atoms with Crippen LogP contribution in [0.4, 0.5) is 5.95 Å². The van der Waals surface area contributed by atoms with Crippen LogP contribution in [-0.4, -0.2) is 34.1 Å². The van der Waals surface area contributed by atoms with Gasteiger partial charge in [-0.2, -0.15) is 0 Å². The quantitative estimate of drug-likeness (QED) is 0.853. The molecule has 2 aliphatic heterocycles. The van der Waals surface area contributed by atoms with Crippen molar-refractivity contribution in [1.82, 2.24) is 9.97 Å². The number of aromatic hydroxyl groups is 1. The Hall–Kier alpha value is -2.63. The molecule has 6 heteroatoms. The van der Waals surface area contributed by atoms with Gasteiger partial charge in [0, 0.05) is 30.9 Å². The molecular formula is C17H17N3O3. The van der Waals surface area contributed by atoms with Crippen LogP contribution in [0.3, 0.4) is 0 Å². The van der Waals surface area contributed by atoms with E-state index in [-0.39, 0.29) is 29.7 Å². The summed E-state index contributed by atoms with van der Waals surface area (Å²) < 4.78 is 5.57. The summed E-state index contributed by atoms with van der Waals surface area (Å²) in [6.45, 7) is 3.20. The van der Waals surface area contributed by atoms with Gasteiger partial charge >= 0.3 is 5.97 Å². The molecule has 118 valence electrons. The van der Waals surface area contributed by atoms with E-state index in [1.165, 1.54) is 0 Å². The summed E-state index contributed by atoms with van der Waals surface area (Å²) in [5.41, 5.74) is 1.82. The van der Waals surface area contributed by atoms with Crippen LogP contribution in [0, 0.1) is 18.8 Å². The summed E-state index contributed by atoms with van der Waals surface area (Å²) >= 11 is 0. The van der Waals surface area contributed by atoms with E-state index in [4.69, 9.17) is 4.74 Å². The fourth-order valence-electron chi connectivity index (χ4n) is 3.42. The summed E-state index contributed by atoms with van der Waals surface area (Å²) in [6.07, 6.45) is 1.46. The SMILES string of the molecule is Cc1ccnc(N2C[C@@H]3C(=O)OC(c4ccc(O)cc4)[C@@H]3C2)n1. The number of nitrogens with zero attached hydrogens (tertiary/aromatic N) is 3. The van der Waals surface area contributed by atoms with E-state index in [9.17, 15) is 9.90 Å². The molecule has 2 aliphatic rings. The van der Waals surface area contributed by atoms with Gasteiger partial charge in [0.1, 0.15) is 11.9 Å². The number of anilines is 1. The van der Waals surface area contributed by atoms with Crippen LogP contribution in [0.25, 0.3) is 0 Å². The molecule has 4 rings (SSSR count). The summed E-state index contributed by atoms with van der Waals surface area (Å²) in [5.74, 6) is 0.629. The fraction of sp³-hybridized carbons (Fsp3) is 0.353. The molecular weight excluding hydrogens is 294 g/mol. The molecule has 0 amide bonds. The number of aromatic nitrogens is 2. The number of esters is 1. The number of phenolic OH excluding ortho intramolecular Hbond substituents is 1. The Morgan fingerprint density at radius 3 is 2.74 bits per heavy atom. The highest BCUT2D eigenvalue weighted by Gasteiger charge is 2.51. The van der Waals surface area contributed by atoms with Crippen molar-refractivity contribution in [2.24, 2.45) is 11.8 Å². The van der Waals surface area contributed by atoms with E-state index >= 15 is 0 Å². The maximum atomic E-state index is 12.2. The number of benzene rings is 1. The Morgan fingerprint density at radius 2 is 2.00 bits per heavy atom. The largest absolute Gasteiger partial charge is 0.508 e. The maximum absolute atomic E-state index is 12.2. The Bertz CT molecular complexity index is 747. The van der Waals surface area contributed by atoms with Crippen LogP contribution in [0.1, 0.15) is 17.4 Å². The third kappa shape index (κ3) is 2.40. The van der Waals surface area contributed by atoms with Gasteiger partial charge in [-0.15, -0.1) is 0 Å². The van der Waals surface area contributed by atoms with E-state index in [2.05, 4.69) is 14.9 Å². The van der Waals surface area contributed by atoms with Crippen molar-refractivity contribution in [3.8, 4) is 5.75 Å². The first-order valence-electron chi connectivity index (χ1n) is 7.66. The second-order valence-corrected chi connectivity index (χ2v) is 6.12. The lowest BCUT2D eigenvalue weighted by Crippen LogP contribution is -2.26. The number of fused-ring (bicyclic) bond motifs is 1. The molecule has 2 saturated heterocycles. The molecule has 3 heterocycles. The van der Waals surface area contributed by atoms with Gasteiger partial charge in [-0.05, 0) is 30.7 Å². The average molecular weight is 311 g/mol. The zero-order valence-corrected chi connectivity index (χ0v) is 12.7. The molecule has 1 aromatic heterocycles. The third-order valence-electron chi connectivity index (χ3n) is 4.59. The normalized spacial score (nSPS) is 26.2. The van der Waals surface area contributed by atoms with Crippen LogP contribution >= 0.6 is 0 Å². The Kier molecular flexibility index (Phi) is 3.18.